The lowest BCUT2D eigenvalue weighted by atomic mass is 9.63. The second-order valence-electron chi connectivity index (χ2n) is 7.52. The van der Waals surface area contributed by atoms with Crippen LogP contribution in [0.3, 0.4) is 0 Å². The van der Waals surface area contributed by atoms with Crippen LogP contribution in [0.4, 0.5) is 0 Å². The highest BCUT2D eigenvalue weighted by atomic mass is 35.5. The Hall–Kier alpha value is -0.0500. The highest BCUT2D eigenvalue weighted by Crippen LogP contribution is 2.45. The van der Waals surface area contributed by atoms with Crippen molar-refractivity contribution in [2.75, 3.05) is 6.54 Å². The van der Waals surface area contributed by atoms with E-state index in [1.54, 1.807) is 11.3 Å². The Bertz CT molecular complexity index is 406. The van der Waals surface area contributed by atoms with Gasteiger partial charge in [-0.2, -0.15) is 0 Å². The largest absolute Gasteiger partial charge is 0.314 e. The van der Waals surface area contributed by atoms with E-state index in [1.165, 1.54) is 24.1 Å². The van der Waals surface area contributed by atoms with Gasteiger partial charge in [0, 0.05) is 17.5 Å². The highest BCUT2D eigenvalue weighted by molar-refractivity contribution is 7.16. The molecule has 1 nitrogen and oxygen atoms in total. The van der Waals surface area contributed by atoms with Crippen LogP contribution in [0.15, 0.2) is 12.1 Å². The highest BCUT2D eigenvalue weighted by Gasteiger charge is 2.37. The van der Waals surface area contributed by atoms with E-state index in [1.807, 2.05) is 6.07 Å². The third-order valence-corrected chi connectivity index (χ3v) is 5.28. The molecule has 3 heteroatoms. The van der Waals surface area contributed by atoms with Crippen molar-refractivity contribution in [1.29, 1.82) is 0 Å². The minimum absolute atomic E-state index is 0.464. The maximum absolute atomic E-state index is 5.96. The molecule has 0 aliphatic heterocycles. The van der Waals surface area contributed by atoms with E-state index in [0.29, 0.717) is 16.9 Å². The number of thiophene rings is 1. The molecule has 0 aromatic carbocycles. The molecule has 0 spiro atoms. The first kappa shape index (κ1) is 15.3. The Morgan fingerprint density at radius 2 is 1.84 bits per heavy atom. The summed E-state index contributed by atoms with van der Waals surface area (Å²) in [6.45, 7) is 10.7. The van der Waals surface area contributed by atoms with Crippen LogP contribution in [-0.2, 0) is 6.42 Å². The molecule has 1 fully saturated rings. The summed E-state index contributed by atoms with van der Waals surface area (Å²) in [5.74, 6) is 0. The van der Waals surface area contributed by atoms with E-state index >= 15 is 0 Å². The average molecular weight is 300 g/mol. The van der Waals surface area contributed by atoms with Gasteiger partial charge in [-0.3, -0.25) is 0 Å². The fourth-order valence-corrected chi connectivity index (χ4v) is 4.96. The summed E-state index contributed by atoms with van der Waals surface area (Å²) >= 11 is 7.66. The van der Waals surface area contributed by atoms with Gasteiger partial charge in [-0.05, 0) is 48.6 Å². The van der Waals surface area contributed by atoms with E-state index in [4.69, 9.17) is 11.6 Å². The molecule has 0 unspecified atom stereocenters. The first-order valence-electron chi connectivity index (χ1n) is 7.23. The topological polar surface area (TPSA) is 12.0 Å². The fraction of sp³-hybridized carbons (Fsp3) is 0.750. The molecule has 1 aromatic heterocycles. The predicted molar refractivity (Wildman–Crippen MR) is 86.2 cm³/mol. The van der Waals surface area contributed by atoms with Crippen LogP contribution in [0.5, 0.6) is 0 Å². The molecule has 1 N–H and O–H groups in total. The predicted octanol–water partition coefficient (Wildman–Crippen LogP) is 5.14. The molecule has 0 radical (unpaired) electrons. The summed E-state index contributed by atoms with van der Waals surface area (Å²) in [6, 6.07) is 4.80. The first-order valence-corrected chi connectivity index (χ1v) is 8.43. The molecule has 1 aliphatic rings. The molecule has 0 amide bonds. The SMILES string of the molecule is CC1(C)CC(NCCc2ccc(Cl)s2)CC(C)(C)C1. The number of hydrogen-bond acceptors (Lipinski definition) is 2. The number of rotatable bonds is 4. The van der Waals surface area contributed by atoms with Gasteiger partial charge in [0.15, 0.2) is 0 Å². The number of nitrogens with one attached hydrogen (secondary N) is 1. The molecule has 1 aliphatic carbocycles. The number of hydrogen-bond donors (Lipinski definition) is 1. The second kappa shape index (κ2) is 5.75. The van der Waals surface area contributed by atoms with Crippen molar-refractivity contribution >= 4 is 22.9 Å². The van der Waals surface area contributed by atoms with Gasteiger partial charge in [0.2, 0.25) is 0 Å². The van der Waals surface area contributed by atoms with Crippen molar-refractivity contribution in [2.24, 2.45) is 10.8 Å². The zero-order chi connectivity index (χ0) is 14.1. The molecule has 108 valence electrons. The average Bonchev–Trinajstić information content (AvgIpc) is 2.59. The Morgan fingerprint density at radius 3 is 2.37 bits per heavy atom. The Morgan fingerprint density at radius 1 is 1.21 bits per heavy atom. The molecule has 0 atom stereocenters. The minimum atomic E-state index is 0.464. The van der Waals surface area contributed by atoms with Gasteiger partial charge in [-0.25, -0.2) is 0 Å². The molecule has 0 saturated heterocycles. The van der Waals surface area contributed by atoms with E-state index < -0.39 is 0 Å². The smallest absolute Gasteiger partial charge is 0.0931 e. The Labute approximate surface area is 126 Å². The van der Waals surface area contributed by atoms with E-state index in [-0.39, 0.29) is 0 Å². The summed E-state index contributed by atoms with van der Waals surface area (Å²) < 4.78 is 0.898. The molecule has 19 heavy (non-hydrogen) atoms. The lowest BCUT2D eigenvalue weighted by Gasteiger charge is -2.45. The van der Waals surface area contributed by atoms with E-state index in [9.17, 15) is 0 Å². The zero-order valence-electron chi connectivity index (χ0n) is 12.6. The molecule has 0 bridgehead atoms. The third kappa shape index (κ3) is 4.77. The van der Waals surface area contributed by atoms with Gasteiger partial charge in [-0.15, -0.1) is 11.3 Å². The van der Waals surface area contributed by atoms with Gasteiger partial charge in [-0.1, -0.05) is 39.3 Å². The van der Waals surface area contributed by atoms with Gasteiger partial charge in [0.05, 0.1) is 4.34 Å². The normalized spacial score (nSPS) is 22.6. The molecule has 2 rings (SSSR count). The van der Waals surface area contributed by atoms with Crippen LogP contribution in [0.2, 0.25) is 4.34 Å². The van der Waals surface area contributed by atoms with Crippen molar-refractivity contribution in [3.63, 3.8) is 0 Å². The lowest BCUT2D eigenvalue weighted by Crippen LogP contribution is -2.44. The summed E-state index contributed by atoms with van der Waals surface area (Å²) in [5, 5.41) is 3.75. The van der Waals surface area contributed by atoms with E-state index in [2.05, 4.69) is 39.1 Å². The van der Waals surface area contributed by atoms with Crippen LogP contribution in [0.1, 0.15) is 51.8 Å². The minimum Gasteiger partial charge on any atom is -0.314 e. The zero-order valence-corrected chi connectivity index (χ0v) is 14.1. The molecule has 1 aromatic rings. The summed E-state index contributed by atoms with van der Waals surface area (Å²) in [6.07, 6.45) is 5.01. The van der Waals surface area contributed by atoms with Gasteiger partial charge in [0.1, 0.15) is 0 Å². The first-order chi connectivity index (χ1) is 8.76. The van der Waals surface area contributed by atoms with Gasteiger partial charge >= 0.3 is 0 Å². The second-order valence-corrected chi connectivity index (χ2v) is 9.32. The van der Waals surface area contributed by atoms with Crippen LogP contribution < -0.4 is 5.32 Å². The van der Waals surface area contributed by atoms with Crippen LogP contribution in [0.25, 0.3) is 0 Å². The maximum Gasteiger partial charge on any atom is 0.0931 e. The summed E-state index contributed by atoms with van der Waals surface area (Å²) in [4.78, 5) is 1.38. The summed E-state index contributed by atoms with van der Waals surface area (Å²) in [7, 11) is 0. The monoisotopic (exact) mass is 299 g/mol. The van der Waals surface area contributed by atoms with Crippen LogP contribution in [-0.4, -0.2) is 12.6 Å². The third-order valence-electron chi connectivity index (χ3n) is 3.99. The van der Waals surface area contributed by atoms with Gasteiger partial charge < -0.3 is 5.32 Å². The number of halogens is 1. The molecule has 1 heterocycles. The molecular weight excluding hydrogens is 274 g/mol. The van der Waals surface area contributed by atoms with Crippen molar-refractivity contribution in [1.82, 2.24) is 5.32 Å². The van der Waals surface area contributed by atoms with Crippen molar-refractivity contribution in [3.05, 3.63) is 21.3 Å². The fourth-order valence-electron chi connectivity index (χ4n) is 3.88. The lowest BCUT2D eigenvalue weighted by molar-refractivity contribution is 0.0854. The van der Waals surface area contributed by atoms with Crippen molar-refractivity contribution in [3.8, 4) is 0 Å². The summed E-state index contributed by atoms with van der Waals surface area (Å²) in [5.41, 5.74) is 0.928. The van der Waals surface area contributed by atoms with Crippen molar-refractivity contribution < 1.29 is 0 Å². The van der Waals surface area contributed by atoms with Crippen molar-refractivity contribution in [2.45, 2.75) is 59.4 Å². The van der Waals surface area contributed by atoms with Crippen LogP contribution >= 0.6 is 22.9 Å². The molecular formula is C16H26ClNS. The quantitative estimate of drug-likeness (QED) is 0.812. The van der Waals surface area contributed by atoms with Crippen LogP contribution in [0, 0.1) is 10.8 Å². The Kier molecular flexibility index (Phi) is 4.64. The standard InChI is InChI=1S/C16H26ClNS/c1-15(2)9-12(10-16(3,4)11-15)18-8-7-13-5-6-14(17)19-13/h5-6,12,18H,7-11H2,1-4H3. The van der Waals surface area contributed by atoms with E-state index in [0.717, 1.165) is 17.3 Å². The maximum atomic E-state index is 5.96. The molecule has 1 saturated carbocycles. The van der Waals surface area contributed by atoms with Gasteiger partial charge in [0.25, 0.3) is 0 Å². The Balaban J connectivity index is 1.82.